The van der Waals surface area contributed by atoms with Gasteiger partial charge in [-0.25, -0.2) is 0 Å². The second-order valence-corrected chi connectivity index (χ2v) is 13.5. The van der Waals surface area contributed by atoms with Crippen molar-refractivity contribution in [3.05, 3.63) is 118 Å². The molecule has 4 unspecified atom stereocenters. The summed E-state index contributed by atoms with van der Waals surface area (Å²) in [5.74, 6) is 3.94. The van der Waals surface area contributed by atoms with Crippen LogP contribution < -0.4 is 24.8 Å². The predicted octanol–water partition coefficient (Wildman–Crippen LogP) is 5.58. The predicted molar refractivity (Wildman–Crippen MR) is 183 cm³/mol. The minimum Gasteiger partial charge on any atom is -1.00 e. The molecule has 0 fully saturated rings. The third-order valence-corrected chi connectivity index (χ3v) is 10.3. The number of benzene rings is 4. The van der Waals surface area contributed by atoms with Crippen LogP contribution in [0.4, 0.5) is 0 Å². The number of rotatable bonds is 0. The number of halogens is 2. The summed E-state index contributed by atoms with van der Waals surface area (Å²) in [7, 11) is 1.08. The Morgan fingerprint density at radius 1 is 0.750 bits per heavy atom. The van der Waals surface area contributed by atoms with Crippen LogP contribution in [0, 0.1) is 38.5 Å². The Balaban J connectivity index is 0.000000380. The first kappa shape index (κ1) is 38.5. The van der Waals surface area contributed by atoms with Gasteiger partial charge in [-0.15, -0.1) is 40.8 Å². The van der Waals surface area contributed by atoms with Gasteiger partial charge in [0.1, 0.15) is 0 Å². The molecule has 5 aromatic rings. The zero-order valence-corrected chi connectivity index (χ0v) is 33.0. The molecule has 44 heavy (non-hydrogen) atoms. The van der Waals surface area contributed by atoms with Gasteiger partial charge in [-0.3, -0.25) is 0 Å². The Bertz CT molecular complexity index is 1690. The fourth-order valence-corrected chi connectivity index (χ4v) is 7.51. The first-order chi connectivity index (χ1) is 19.6. The Morgan fingerprint density at radius 2 is 1.34 bits per heavy atom. The average Bonchev–Trinajstić information content (AvgIpc) is 3.56. The number of hydrogen-bond acceptors (Lipinski definition) is 0. The molecular formula is C40H46Cl2SiZr. The average molecular weight is 717 g/mol. The van der Waals surface area contributed by atoms with E-state index in [0.717, 1.165) is 9.52 Å². The van der Waals surface area contributed by atoms with Gasteiger partial charge in [-0.2, -0.15) is 29.0 Å². The first-order valence-corrected chi connectivity index (χ1v) is 17.4. The van der Waals surface area contributed by atoms with Crippen LogP contribution in [0.3, 0.4) is 0 Å². The van der Waals surface area contributed by atoms with Crippen molar-refractivity contribution in [2.45, 2.75) is 80.3 Å². The number of hydrogen-bond donors (Lipinski definition) is 0. The summed E-state index contributed by atoms with van der Waals surface area (Å²) in [6.07, 6.45) is 0. The maximum Gasteiger partial charge on any atom is 4.00 e. The quantitative estimate of drug-likeness (QED) is 0.145. The molecule has 0 aromatic heterocycles. The van der Waals surface area contributed by atoms with Crippen LogP contribution in [0.1, 0.15) is 85.4 Å². The molecule has 4 heteroatoms. The molecule has 0 N–H and O–H groups in total. The summed E-state index contributed by atoms with van der Waals surface area (Å²) < 4.78 is 0. The van der Waals surface area contributed by atoms with Gasteiger partial charge >= 0.3 is 26.2 Å². The van der Waals surface area contributed by atoms with Crippen LogP contribution in [0.15, 0.2) is 72.8 Å². The van der Waals surface area contributed by atoms with Gasteiger partial charge in [0, 0.05) is 9.52 Å². The van der Waals surface area contributed by atoms with Gasteiger partial charge in [0.25, 0.3) is 0 Å². The maximum atomic E-state index is 2.46. The summed E-state index contributed by atoms with van der Waals surface area (Å²) in [5.41, 5.74) is 13.7. The smallest absolute Gasteiger partial charge is 1.00 e. The van der Waals surface area contributed by atoms with Crippen LogP contribution in [0.25, 0.3) is 32.7 Å². The van der Waals surface area contributed by atoms with Crippen LogP contribution >= 0.6 is 0 Å². The third kappa shape index (κ3) is 6.44. The molecule has 0 saturated heterocycles. The third-order valence-electron chi connectivity index (χ3n) is 10.3. The normalized spacial score (nSPS) is 19.1. The molecule has 228 valence electrons. The Hall–Kier alpha value is -1.70. The van der Waals surface area contributed by atoms with Crippen molar-refractivity contribution < 1.29 is 51.0 Å². The molecule has 0 saturated carbocycles. The maximum absolute atomic E-state index is 2.46. The molecule has 0 heterocycles. The summed E-state index contributed by atoms with van der Waals surface area (Å²) in [6.45, 7) is 23.4. The van der Waals surface area contributed by atoms with Crippen molar-refractivity contribution in [2.24, 2.45) is 11.8 Å². The van der Waals surface area contributed by atoms with Gasteiger partial charge in [-0.1, -0.05) is 113 Å². The van der Waals surface area contributed by atoms with Crippen LogP contribution in [-0.2, 0) is 26.2 Å². The fraction of sp³-hybridized carbons (Fsp3) is 0.350. The van der Waals surface area contributed by atoms with E-state index >= 15 is 0 Å². The van der Waals surface area contributed by atoms with Crippen molar-refractivity contribution in [3.8, 4) is 11.1 Å². The molecule has 0 spiro atoms. The minimum atomic E-state index is 0. The van der Waals surface area contributed by atoms with E-state index in [2.05, 4.69) is 141 Å². The molecule has 0 bridgehead atoms. The Labute approximate surface area is 301 Å². The summed E-state index contributed by atoms with van der Waals surface area (Å²) in [5, 5.41) is 5.59. The second kappa shape index (κ2) is 15.7. The fourth-order valence-electron chi connectivity index (χ4n) is 7.51. The van der Waals surface area contributed by atoms with Crippen LogP contribution in [0.2, 0.25) is 13.1 Å². The van der Waals surface area contributed by atoms with E-state index in [0.29, 0.717) is 23.7 Å². The molecular weight excluding hydrogens is 671 g/mol. The van der Waals surface area contributed by atoms with Crippen molar-refractivity contribution in [1.29, 1.82) is 0 Å². The van der Waals surface area contributed by atoms with Gasteiger partial charge < -0.3 is 24.8 Å². The van der Waals surface area contributed by atoms with E-state index in [1.807, 2.05) is 0 Å². The largest absolute Gasteiger partial charge is 4.00 e. The van der Waals surface area contributed by atoms with Gasteiger partial charge in [-0.05, 0) is 59.9 Å². The summed E-state index contributed by atoms with van der Waals surface area (Å²) in [6, 6.07) is 26.3. The van der Waals surface area contributed by atoms with Crippen LogP contribution in [-0.4, -0.2) is 9.52 Å². The zero-order valence-electron chi connectivity index (χ0n) is 28.0. The van der Waals surface area contributed by atoms with Crippen molar-refractivity contribution in [2.75, 3.05) is 0 Å². The number of fused-ring (bicyclic) bond motifs is 9. The van der Waals surface area contributed by atoms with Crippen molar-refractivity contribution >= 4 is 31.1 Å². The molecule has 4 atom stereocenters. The summed E-state index contributed by atoms with van der Waals surface area (Å²) in [4.78, 5) is 0. The second-order valence-electron chi connectivity index (χ2n) is 12.5. The molecule has 7 rings (SSSR count). The van der Waals surface area contributed by atoms with Crippen molar-refractivity contribution in [1.82, 2.24) is 0 Å². The van der Waals surface area contributed by atoms with Gasteiger partial charge in [0.05, 0.1) is 0 Å². The molecule has 5 aromatic carbocycles. The molecule has 0 aliphatic heterocycles. The van der Waals surface area contributed by atoms with E-state index in [9.17, 15) is 0 Å². The first-order valence-electron chi connectivity index (χ1n) is 15.4. The molecule has 2 radical (unpaired) electrons. The molecule has 2 aliphatic rings. The van der Waals surface area contributed by atoms with E-state index < -0.39 is 0 Å². The molecule has 0 nitrogen and oxygen atoms in total. The van der Waals surface area contributed by atoms with Crippen LogP contribution in [0.5, 0.6) is 0 Å². The topological polar surface area (TPSA) is 0 Å². The van der Waals surface area contributed by atoms with E-state index in [-0.39, 0.29) is 51.0 Å². The SMILES string of the molecule is C[Si]C.Cc1cc2c(c(C)c1C)C(C)c1c3c(c4ccccc4c1-2)C(C)C(C)C(C)[C-]3C.[Cl-].[Cl-].[Zr+4].c1ccc2[cH-]ccc2c1. The van der Waals surface area contributed by atoms with E-state index in [1.165, 1.54) is 49.4 Å². The Kier molecular flexibility index (Phi) is 13.8. The molecule has 2 aliphatic carbocycles. The number of aryl methyl sites for hydroxylation is 1. The van der Waals surface area contributed by atoms with E-state index in [4.69, 9.17) is 0 Å². The van der Waals surface area contributed by atoms with Crippen molar-refractivity contribution in [3.63, 3.8) is 0 Å². The monoisotopic (exact) mass is 714 g/mol. The summed E-state index contributed by atoms with van der Waals surface area (Å²) >= 11 is 0. The minimum absolute atomic E-state index is 0. The van der Waals surface area contributed by atoms with Gasteiger partial charge in [0.15, 0.2) is 0 Å². The van der Waals surface area contributed by atoms with Gasteiger partial charge in [0.2, 0.25) is 0 Å². The molecule has 0 amide bonds. The Morgan fingerprint density at radius 3 is 1.98 bits per heavy atom. The zero-order chi connectivity index (χ0) is 29.6. The standard InChI is InChI=1S/C29H33.C9H7.C2H6Si.2ClH.Zr/c1-14-13-24-25(18(5)15(14)2)21(8)28-27-20(7)17(4)16(3)19(6)26(27)22-11-9-10-12-23(22)29(24)28;1-2-5-9-7-3-6-8(9)4-1;1-3-2;;;/h9-13,16-17,19,21H,1-8H3;1-7H;1-2H3;2*1H;/q2*-1;;;;+4/p-2. The van der Waals surface area contributed by atoms with E-state index in [1.54, 1.807) is 28.2 Å².